The third-order valence-corrected chi connectivity index (χ3v) is 6.99. The molecule has 2 aromatic rings. The van der Waals surface area contributed by atoms with Gasteiger partial charge in [0.2, 0.25) is 5.91 Å². The Morgan fingerprint density at radius 1 is 1.07 bits per heavy atom. The molecular formula is C26H32F3N3O7S. The molecule has 3 rings (SSSR count). The van der Waals surface area contributed by atoms with Gasteiger partial charge in [0.05, 0.1) is 18.2 Å². The van der Waals surface area contributed by atoms with E-state index in [2.05, 4.69) is 14.8 Å². The number of halogens is 3. The van der Waals surface area contributed by atoms with Crippen molar-refractivity contribution < 1.29 is 45.4 Å². The molecule has 2 amide bonds. The molecule has 220 valence electrons. The van der Waals surface area contributed by atoms with E-state index in [1.807, 2.05) is 0 Å². The largest absolute Gasteiger partial charge is 0.573 e. The molecule has 0 radical (unpaired) electrons. The molecule has 0 saturated carbocycles. The maximum Gasteiger partial charge on any atom is 0.573 e. The maximum absolute atomic E-state index is 13.1. The Morgan fingerprint density at radius 3 is 2.45 bits per heavy atom. The first-order valence-electron chi connectivity index (χ1n) is 12.5. The summed E-state index contributed by atoms with van der Waals surface area (Å²) in [6.45, 7) is 7.66. The highest BCUT2D eigenvalue weighted by molar-refractivity contribution is 7.92. The van der Waals surface area contributed by atoms with Gasteiger partial charge in [-0.3, -0.25) is 9.52 Å². The molecule has 10 nitrogen and oxygen atoms in total. The van der Waals surface area contributed by atoms with Crippen molar-refractivity contribution in [2.45, 2.75) is 57.4 Å². The summed E-state index contributed by atoms with van der Waals surface area (Å²) in [7, 11) is -4.31. The van der Waals surface area contributed by atoms with Crippen LogP contribution in [0.4, 0.5) is 29.3 Å². The van der Waals surface area contributed by atoms with E-state index in [1.165, 1.54) is 35.2 Å². The van der Waals surface area contributed by atoms with Crippen LogP contribution in [0, 0.1) is 5.92 Å². The average molecular weight is 588 g/mol. The Kier molecular flexibility index (Phi) is 9.44. The summed E-state index contributed by atoms with van der Waals surface area (Å²) in [5.74, 6) is -1.53. The van der Waals surface area contributed by atoms with Crippen molar-refractivity contribution in [3.05, 3.63) is 42.5 Å². The lowest BCUT2D eigenvalue weighted by Crippen LogP contribution is -2.45. The van der Waals surface area contributed by atoms with Crippen molar-refractivity contribution in [3.63, 3.8) is 0 Å². The fourth-order valence-corrected chi connectivity index (χ4v) is 5.15. The Morgan fingerprint density at radius 2 is 1.80 bits per heavy atom. The molecular weight excluding hydrogens is 555 g/mol. The molecule has 0 aromatic heterocycles. The molecule has 0 aliphatic carbocycles. The van der Waals surface area contributed by atoms with Gasteiger partial charge in [-0.05, 0) is 64.8 Å². The lowest BCUT2D eigenvalue weighted by atomic mass is 9.97. The molecule has 1 aliphatic heterocycles. The summed E-state index contributed by atoms with van der Waals surface area (Å²) in [6, 6.07) is 8.32. The standard InChI is InChI=1S/C26H32F3N3O7S/c1-5-37-21-15-18(30-23(33)17-8-7-13-32(16-17)24(34)39-25(2,3)4)11-12-22(21)40(35,36)31-19-9-6-10-20(14-19)38-26(27,28)29/h6,9-12,14-15,17,31H,5,7-8,13,16H2,1-4H3,(H,30,33). The summed E-state index contributed by atoms with van der Waals surface area (Å²) in [4.78, 5) is 26.6. The number of sulfonamides is 1. The molecule has 1 aliphatic rings. The molecule has 0 bridgehead atoms. The van der Waals surface area contributed by atoms with E-state index in [0.29, 0.717) is 19.4 Å². The van der Waals surface area contributed by atoms with Gasteiger partial charge in [0, 0.05) is 30.9 Å². The zero-order valence-electron chi connectivity index (χ0n) is 22.5. The van der Waals surface area contributed by atoms with Gasteiger partial charge < -0.3 is 24.4 Å². The smallest absolute Gasteiger partial charge is 0.492 e. The summed E-state index contributed by atoms with van der Waals surface area (Å²) in [6.07, 6.45) is -4.27. The monoisotopic (exact) mass is 587 g/mol. The number of anilines is 2. The topological polar surface area (TPSA) is 123 Å². The summed E-state index contributed by atoms with van der Waals surface area (Å²) >= 11 is 0. The number of nitrogens with one attached hydrogen (secondary N) is 2. The number of hydrogen-bond donors (Lipinski definition) is 2. The second-order valence-corrected chi connectivity index (χ2v) is 11.7. The lowest BCUT2D eigenvalue weighted by Gasteiger charge is -2.33. The lowest BCUT2D eigenvalue weighted by molar-refractivity contribution is -0.274. The summed E-state index contributed by atoms with van der Waals surface area (Å²) in [5.41, 5.74) is -0.561. The number of carbonyl (C=O) groups excluding carboxylic acids is 2. The van der Waals surface area contributed by atoms with Gasteiger partial charge in [0.1, 0.15) is 22.0 Å². The maximum atomic E-state index is 13.1. The molecule has 40 heavy (non-hydrogen) atoms. The van der Waals surface area contributed by atoms with Crippen LogP contribution in [0.15, 0.2) is 47.4 Å². The number of likely N-dealkylation sites (tertiary alicyclic amines) is 1. The second-order valence-electron chi connectivity index (χ2n) is 10.0. The fraction of sp³-hybridized carbons (Fsp3) is 0.462. The highest BCUT2D eigenvalue weighted by atomic mass is 32.2. The SMILES string of the molecule is CCOc1cc(NC(=O)C2CCCN(C(=O)OC(C)(C)C)C2)ccc1S(=O)(=O)Nc1cccc(OC(F)(F)F)c1. The quantitative estimate of drug-likeness (QED) is 0.426. The number of alkyl halides is 3. The van der Waals surface area contributed by atoms with Crippen LogP contribution >= 0.6 is 0 Å². The minimum atomic E-state index is -4.94. The molecule has 1 saturated heterocycles. The molecule has 14 heteroatoms. The zero-order chi connectivity index (χ0) is 29.7. The Balaban J connectivity index is 1.74. The zero-order valence-corrected chi connectivity index (χ0v) is 23.3. The van der Waals surface area contributed by atoms with Crippen LogP contribution in [0.25, 0.3) is 0 Å². The number of piperidine rings is 1. The van der Waals surface area contributed by atoms with Gasteiger partial charge in [-0.25, -0.2) is 13.2 Å². The first-order valence-corrected chi connectivity index (χ1v) is 14.0. The fourth-order valence-electron chi connectivity index (χ4n) is 3.97. The van der Waals surface area contributed by atoms with Gasteiger partial charge in [0.25, 0.3) is 10.0 Å². The third-order valence-electron chi connectivity index (χ3n) is 5.56. The van der Waals surface area contributed by atoms with E-state index < -0.39 is 39.7 Å². The van der Waals surface area contributed by atoms with E-state index in [1.54, 1.807) is 27.7 Å². The summed E-state index contributed by atoms with van der Waals surface area (Å²) in [5, 5.41) is 2.74. The van der Waals surface area contributed by atoms with Gasteiger partial charge in [-0.1, -0.05) is 6.07 Å². The number of carbonyl (C=O) groups is 2. The van der Waals surface area contributed by atoms with E-state index in [-0.39, 0.29) is 41.1 Å². The van der Waals surface area contributed by atoms with E-state index in [9.17, 15) is 31.2 Å². The van der Waals surface area contributed by atoms with Crippen LogP contribution < -0.4 is 19.5 Å². The highest BCUT2D eigenvalue weighted by Crippen LogP contribution is 2.31. The average Bonchev–Trinajstić information content (AvgIpc) is 2.82. The molecule has 0 spiro atoms. The second kappa shape index (κ2) is 12.2. The van der Waals surface area contributed by atoms with Crippen molar-refractivity contribution in [1.29, 1.82) is 0 Å². The van der Waals surface area contributed by atoms with Crippen molar-refractivity contribution in [1.82, 2.24) is 4.90 Å². The predicted octanol–water partition coefficient (Wildman–Crippen LogP) is 5.37. The Hall–Kier alpha value is -3.68. The van der Waals surface area contributed by atoms with E-state index in [0.717, 1.165) is 12.1 Å². The van der Waals surface area contributed by atoms with Crippen molar-refractivity contribution in [2.75, 3.05) is 29.7 Å². The highest BCUT2D eigenvalue weighted by Gasteiger charge is 2.32. The van der Waals surface area contributed by atoms with Crippen LogP contribution in [-0.4, -0.2) is 57.0 Å². The van der Waals surface area contributed by atoms with Crippen molar-refractivity contribution >= 4 is 33.4 Å². The van der Waals surface area contributed by atoms with E-state index >= 15 is 0 Å². The van der Waals surface area contributed by atoms with Crippen molar-refractivity contribution in [3.8, 4) is 11.5 Å². The van der Waals surface area contributed by atoms with E-state index in [4.69, 9.17) is 9.47 Å². The molecule has 1 heterocycles. The number of hydrogen-bond acceptors (Lipinski definition) is 7. The normalized spacial score (nSPS) is 16.2. The predicted molar refractivity (Wildman–Crippen MR) is 141 cm³/mol. The van der Waals surface area contributed by atoms with Gasteiger partial charge in [-0.2, -0.15) is 0 Å². The first-order chi connectivity index (χ1) is 18.6. The van der Waals surface area contributed by atoms with Gasteiger partial charge in [0.15, 0.2) is 0 Å². The number of benzene rings is 2. The minimum absolute atomic E-state index is 0.0745. The van der Waals surface area contributed by atoms with Crippen LogP contribution in [0.1, 0.15) is 40.5 Å². The third kappa shape index (κ3) is 8.93. The molecule has 2 N–H and O–H groups in total. The number of amides is 2. The number of ether oxygens (including phenoxy) is 3. The molecule has 2 aromatic carbocycles. The summed E-state index contributed by atoms with van der Waals surface area (Å²) < 4.78 is 80.7. The Bertz CT molecular complexity index is 1330. The molecule has 1 atom stereocenters. The van der Waals surface area contributed by atoms with Crippen LogP contribution in [0.5, 0.6) is 11.5 Å². The minimum Gasteiger partial charge on any atom is -0.492 e. The Labute approximate surface area is 230 Å². The van der Waals surface area contributed by atoms with Gasteiger partial charge in [-0.15, -0.1) is 13.2 Å². The van der Waals surface area contributed by atoms with Gasteiger partial charge >= 0.3 is 12.5 Å². The van der Waals surface area contributed by atoms with Crippen LogP contribution in [-0.2, 0) is 19.6 Å². The number of nitrogens with zero attached hydrogens (tertiary/aromatic N) is 1. The first kappa shape index (κ1) is 30.9. The van der Waals surface area contributed by atoms with Crippen LogP contribution in [0.2, 0.25) is 0 Å². The molecule has 1 fully saturated rings. The van der Waals surface area contributed by atoms with Crippen molar-refractivity contribution in [2.24, 2.45) is 5.92 Å². The van der Waals surface area contributed by atoms with Crippen LogP contribution in [0.3, 0.4) is 0 Å². The molecule has 1 unspecified atom stereocenters. The number of rotatable bonds is 8.